The van der Waals surface area contributed by atoms with Crippen LogP contribution in [0, 0.1) is 11.8 Å². The van der Waals surface area contributed by atoms with Crippen molar-refractivity contribution in [3.63, 3.8) is 0 Å². The third-order valence-electron chi connectivity index (χ3n) is 4.53. The molecule has 0 bridgehead atoms. The Hall–Kier alpha value is -0.800. The summed E-state index contributed by atoms with van der Waals surface area (Å²) in [7, 11) is 0. The molecule has 2 heterocycles. The Kier molecular flexibility index (Phi) is 6.31. The van der Waals surface area contributed by atoms with Gasteiger partial charge in [-0.25, -0.2) is 4.98 Å². The Balaban J connectivity index is 2.07. The Bertz CT molecular complexity index is 448. The van der Waals surface area contributed by atoms with Gasteiger partial charge in [-0.05, 0) is 49.3 Å². The molecule has 0 amide bonds. The van der Waals surface area contributed by atoms with Crippen LogP contribution in [0.3, 0.4) is 0 Å². The molecule has 0 aromatic carbocycles. The zero-order valence-corrected chi connectivity index (χ0v) is 14.3. The van der Waals surface area contributed by atoms with Gasteiger partial charge in [0.05, 0.1) is 5.02 Å². The van der Waals surface area contributed by atoms with E-state index in [-0.39, 0.29) is 0 Å². The standard InChI is InChI=1S/C17H28ClN3/c1-4-19-11-15-10-17(20-12-16(15)18)21-8-5-6-14(7-9-21)13(2)3/h10,12-14,19H,4-9,11H2,1-3H3. The summed E-state index contributed by atoms with van der Waals surface area (Å²) >= 11 is 6.25. The van der Waals surface area contributed by atoms with Crippen LogP contribution in [0.15, 0.2) is 12.3 Å². The van der Waals surface area contributed by atoms with E-state index in [9.17, 15) is 0 Å². The van der Waals surface area contributed by atoms with Gasteiger partial charge >= 0.3 is 0 Å². The van der Waals surface area contributed by atoms with Crippen molar-refractivity contribution >= 4 is 17.4 Å². The van der Waals surface area contributed by atoms with Crippen molar-refractivity contribution in [1.29, 1.82) is 0 Å². The monoisotopic (exact) mass is 309 g/mol. The molecule has 1 aromatic rings. The fourth-order valence-electron chi connectivity index (χ4n) is 3.05. The molecule has 1 unspecified atom stereocenters. The maximum atomic E-state index is 6.25. The highest BCUT2D eigenvalue weighted by Crippen LogP contribution is 2.28. The van der Waals surface area contributed by atoms with Crippen LogP contribution in [-0.2, 0) is 6.54 Å². The molecule has 1 aliphatic heterocycles. The zero-order valence-electron chi connectivity index (χ0n) is 13.5. The van der Waals surface area contributed by atoms with Crippen LogP contribution in [0.2, 0.25) is 5.02 Å². The number of hydrogen-bond donors (Lipinski definition) is 1. The average Bonchev–Trinajstić information content (AvgIpc) is 2.72. The molecule has 1 aliphatic rings. The number of hydrogen-bond acceptors (Lipinski definition) is 3. The van der Waals surface area contributed by atoms with Gasteiger partial charge in [0.25, 0.3) is 0 Å². The Labute approximate surface area is 134 Å². The van der Waals surface area contributed by atoms with Gasteiger partial charge in [0, 0.05) is 25.8 Å². The molecule has 21 heavy (non-hydrogen) atoms. The summed E-state index contributed by atoms with van der Waals surface area (Å²) in [6.45, 7) is 10.8. The van der Waals surface area contributed by atoms with Crippen LogP contribution in [0.1, 0.15) is 45.6 Å². The third kappa shape index (κ3) is 4.58. The number of anilines is 1. The molecule has 1 N–H and O–H groups in total. The lowest BCUT2D eigenvalue weighted by molar-refractivity contribution is 0.351. The zero-order chi connectivity index (χ0) is 15.2. The number of nitrogens with zero attached hydrogens (tertiary/aromatic N) is 2. The molecule has 1 aromatic heterocycles. The number of aromatic nitrogens is 1. The van der Waals surface area contributed by atoms with E-state index in [0.29, 0.717) is 0 Å². The highest BCUT2D eigenvalue weighted by Gasteiger charge is 2.20. The summed E-state index contributed by atoms with van der Waals surface area (Å²) in [5.41, 5.74) is 1.15. The van der Waals surface area contributed by atoms with E-state index in [1.54, 1.807) is 6.20 Å². The van der Waals surface area contributed by atoms with Gasteiger partial charge in [-0.1, -0.05) is 32.4 Å². The highest BCUT2D eigenvalue weighted by molar-refractivity contribution is 6.31. The second-order valence-corrected chi connectivity index (χ2v) is 6.74. The average molecular weight is 310 g/mol. The molecular formula is C17H28ClN3. The van der Waals surface area contributed by atoms with Crippen molar-refractivity contribution in [1.82, 2.24) is 10.3 Å². The van der Waals surface area contributed by atoms with Crippen molar-refractivity contribution in [2.75, 3.05) is 24.5 Å². The third-order valence-corrected chi connectivity index (χ3v) is 4.87. The number of nitrogens with one attached hydrogen (secondary N) is 1. The highest BCUT2D eigenvalue weighted by atomic mass is 35.5. The van der Waals surface area contributed by atoms with Crippen LogP contribution in [-0.4, -0.2) is 24.6 Å². The minimum Gasteiger partial charge on any atom is -0.357 e. The number of halogens is 1. The minimum absolute atomic E-state index is 0.759. The first kappa shape index (κ1) is 16.6. The lowest BCUT2D eigenvalue weighted by atomic mass is 9.89. The SMILES string of the molecule is CCNCc1cc(N2CCCC(C(C)C)CC2)ncc1Cl. The molecule has 118 valence electrons. The van der Waals surface area contributed by atoms with Crippen LogP contribution in [0.5, 0.6) is 0 Å². The lowest BCUT2D eigenvalue weighted by Crippen LogP contribution is -2.26. The van der Waals surface area contributed by atoms with Crippen LogP contribution in [0.25, 0.3) is 0 Å². The maximum Gasteiger partial charge on any atom is 0.128 e. The molecule has 0 saturated carbocycles. The van der Waals surface area contributed by atoms with E-state index in [1.807, 2.05) is 0 Å². The fraction of sp³-hybridized carbons (Fsp3) is 0.706. The first-order chi connectivity index (χ1) is 10.1. The van der Waals surface area contributed by atoms with Crippen molar-refractivity contribution in [2.45, 2.75) is 46.6 Å². The fourth-order valence-corrected chi connectivity index (χ4v) is 3.22. The van der Waals surface area contributed by atoms with Gasteiger partial charge in [0.1, 0.15) is 5.82 Å². The molecular weight excluding hydrogens is 282 g/mol. The van der Waals surface area contributed by atoms with Gasteiger partial charge in [-0.2, -0.15) is 0 Å². The molecule has 4 heteroatoms. The summed E-state index contributed by atoms with van der Waals surface area (Å²) in [4.78, 5) is 6.97. The van der Waals surface area contributed by atoms with E-state index < -0.39 is 0 Å². The van der Waals surface area contributed by atoms with Gasteiger partial charge in [0.15, 0.2) is 0 Å². The van der Waals surface area contributed by atoms with Gasteiger partial charge in [-0.3, -0.25) is 0 Å². The second kappa shape index (κ2) is 8.00. The van der Waals surface area contributed by atoms with Crippen molar-refractivity contribution in [3.8, 4) is 0 Å². The van der Waals surface area contributed by atoms with E-state index in [4.69, 9.17) is 11.6 Å². The number of pyridine rings is 1. The Morgan fingerprint density at radius 1 is 1.38 bits per heavy atom. The molecule has 2 rings (SSSR count). The Morgan fingerprint density at radius 3 is 2.90 bits per heavy atom. The summed E-state index contributed by atoms with van der Waals surface area (Å²) < 4.78 is 0. The minimum atomic E-state index is 0.759. The normalized spacial score (nSPS) is 19.9. The van der Waals surface area contributed by atoms with Crippen molar-refractivity contribution < 1.29 is 0 Å². The summed E-state index contributed by atoms with van der Waals surface area (Å²) in [5, 5.41) is 4.10. The second-order valence-electron chi connectivity index (χ2n) is 6.34. The first-order valence-corrected chi connectivity index (χ1v) is 8.59. The van der Waals surface area contributed by atoms with E-state index in [0.717, 1.165) is 54.4 Å². The van der Waals surface area contributed by atoms with E-state index >= 15 is 0 Å². The lowest BCUT2D eigenvalue weighted by Gasteiger charge is -2.23. The summed E-state index contributed by atoms with van der Waals surface area (Å²) in [6, 6.07) is 2.15. The smallest absolute Gasteiger partial charge is 0.128 e. The van der Waals surface area contributed by atoms with Crippen LogP contribution in [0.4, 0.5) is 5.82 Å². The van der Waals surface area contributed by atoms with Crippen molar-refractivity contribution in [3.05, 3.63) is 22.8 Å². The van der Waals surface area contributed by atoms with Crippen molar-refractivity contribution in [2.24, 2.45) is 11.8 Å². The maximum absolute atomic E-state index is 6.25. The molecule has 3 nitrogen and oxygen atoms in total. The van der Waals surface area contributed by atoms with Gasteiger partial charge in [0.2, 0.25) is 0 Å². The number of rotatable bonds is 5. The summed E-state index contributed by atoms with van der Waals surface area (Å²) in [5.74, 6) is 2.72. The Morgan fingerprint density at radius 2 is 2.19 bits per heavy atom. The summed E-state index contributed by atoms with van der Waals surface area (Å²) in [6.07, 6.45) is 5.67. The predicted octanol–water partition coefficient (Wildman–Crippen LogP) is 4.11. The molecule has 0 radical (unpaired) electrons. The molecule has 0 spiro atoms. The molecule has 1 saturated heterocycles. The topological polar surface area (TPSA) is 28.2 Å². The quantitative estimate of drug-likeness (QED) is 0.887. The first-order valence-electron chi connectivity index (χ1n) is 8.22. The van der Waals surface area contributed by atoms with Crippen LogP contribution < -0.4 is 10.2 Å². The molecule has 0 aliphatic carbocycles. The van der Waals surface area contributed by atoms with Gasteiger partial charge in [-0.15, -0.1) is 0 Å². The van der Waals surface area contributed by atoms with E-state index in [2.05, 4.69) is 42.0 Å². The largest absolute Gasteiger partial charge is 0.357 e. The molecule has 1 atom stereocenters. The van der Waals surface area contributed by atoms with E-state index in [1.165, 1.54) is 19.3 Å². The predicted molar refractivity (Wildman–Crippen MR) is 91.0 cm³/mol. The van der Waals surface area contributed by atoms with Crippen LogP contribution >= 0.6 is 11.6 Å². The molecule has 1 fully saturated rings. The van der Waals surface area contributed by atoms with Gasteiger partial charge < -0.3 is 10.2 Å².